The van der Waals surface area contributed by atoms with Crippen molar-refractivity contribution in [3.63, 3.8) is 0 Å². The van der Waals surface area contributed by atoms with E-state index < -0.39 is 18.1 Å². The lowest BCUT2D eigenvalue weighted by molar-refractivity contribution is -0.177. The average molecular weight is 234 g/mol. The first-order valence-corrected chi connectivity index (χ1v) is 4.75. The fourth-order valence-corrected chi connectivity index (χ4v) is 1.95. The SMILES string of the molecule is O=C(O)c1n[nH]c2c1C[C@H](C(F)(F)F)CC2. The first-order chi connectivity index (χ1) is 7.39. The summed E-state index contributed by atoms with van der Waals surface area (Å²) in [5.41, 5.74) is 0.419. The molecule has 0 aromatic carbocycles. The number of aromatic nitrogens is 2. The number of hydrogen-bond acceptors (Lipinski definition) is 2. The quantitative estimate of drug-likeness (QED) is 0.778. The van der Waals surface area contributed by atoms with E-state index in [2.05, 4.69) is 10.2 Å². The Kier molecular flexibility index (Phi) is 2.40. The molecule has 0 saturated heterocycles. The second-order valence-electron chi connectivity index (χ2n) is 3.82. The highest BCUT2D eigenvalue weighted by Gasteiger charge is 2.42. The summed E-state index contributed by atoms with van der Waals surface area (Å²) in [5.74, 6) is -2.75. The lowest BCUT2D eigenvalue weighted by atomic mass is 9.86. The topological polar surface area (TPSA) is 66.0 Å². The molecule has 2 N–H and O–H groups in total. The van der Waals surface area contributed by atoms with Gasteiger partial charge in [-0.3, -0.25) is 5.10 Å². The normalized spacial score (nSPS) is 20.6. The number of hydrogen-bond donors (Lipinski definition) is 2. The Bertz CT molecular complexity index is 425. The Morgan fingerprint density at radius 3 is 2.75 bits per heavy atom. The van der Waals surface area contributed by atoms with Crippen LogP contribution in [0.2, 0.25) is 0 Å². The van der Waals surface area contributed by atoms with Crippen LogP contribution in [0.5, 0.6) is 0 Å². The maximum Gasteiger partial charge on any atom is 0.392 e. The number of nitrogens with zero attached hydrogens (tertiary/aromatic N) is 1. The molecule has 88 valence electrons. The zero-order valence-corrected chi connectivity index (χ0v) is 8.14. The number of aromatic carboxylic acids is 1. The van der Waals surface area contributed by atoms with Crippen LogP contribution in [0.1, 0.15) is 28.2 Å². The van der Waals surface area contributed by atoms with E-state index in [0.29, 0.717) is 5.69 Å². The number of rotatable bonds is 1. The van der Waals surface area contributed by atoms with Crippen molar-refractivity contribution in [3.05, 3.63) is 17.0 Å². The van der Waals surface area contributed by atoms with Gasteiger partial charge in [-0.15, -0.1) is 0 Å². The smallest absolute Gasteiger partial charge is 0.392 e. The molecule has 2 rings (SSSR count). The van der Waals surface area contributed by atoms with Crippen LogP contribution in [-0.2, 0) is 12.8 Å². The van der Waals surface area contributed by atoms with Crippen LogP contribution in [0.15, 0.2) is 0 Å². The molecule has 0 radical (unpaired) electrons. The van der Waals surface area contributed by atoms with Gasteiger partial charge in [0.05, 0.1) is 5.92 Å². The van der Waals surface area contributed by atoms with Gasteiger partial charge in [0.15, 0.2) is 5.69 Å². The molecule has 0 fully saturated rings. The van der Waals surface area contributed by atoms with Crippen LogP contribution in [0.25, 0.3) is 0 Å². The van der Waals surface area contributed by atoms with E-state index in [4.69, 9.17) is 5.11 Å². The maximum atomic E-state index is 12.5. The van der Waals surface area contributed by atoms with Crippen molar-refractivity contribution in [2.45, 2.75) is 25.4 Å². The third-order valence-corrected chi connectivity index (χ3v) is 2.81. The molecule has 0 saturated carbocycles. The van der Waals surface area contributed by atoms with E-state index in [9.17, 15) is 18.0 Å². The summed E-state index contributed by atoms with van der Waals surface area (Å²) in [6.45, 7) is 0. The molecule has 0 amide bonds. The van der Waals surface area contributed by atoms with Crippen molar-refractivity contribution in [2.24, 2.45) is 5.92 Å². The average Bonchev–Trinajstić information content (AvgIpc) is 2.58. The van der Waals surface area contributed by atoms with Crippen molar-refractivity contribution in [1.29, 1.82) is 0 Å². The first-order valence-electron chi connectivity index (χ1n) is 4.75. The van der Waals surface area contributed by atoms with Crippen LogP contribution in [0.3, 0.4) is 0 Å². The van der Waals surface area contributed by atoms with E-state index in [-0.39, 0.29) is 30.5 Å². The summed E-state index contributed by atoms with van der Waals surface area (Å²) in [4.78, 5) is 10.7. The number of fused-ring (bicyclic) bond motifs is 1. The number of aryl methyl sites for hydroxylation is 1. The van der Waals surface area contributed by atoms with Gasteiger partial charge in [-0.2, -0.15) is 18.3 Å². The molecule has 1 heterocycles. The van der Waals surface area contributed by atoms with Gasteiger partial charge in [0.25, 0.3) is 0 Å². The summed E-state index contributed by atoms with van der Waals surface area (Å²) in [7, 11) is 0. The van der Waals surface area contributed by atoms with Gasteiger partial charge < -0.3 is 5.11 Å². The molecule has 1 aliphatic rings. The molecule has 1 atom stereocenters. The zero-order chi connectivity index (χ0) is 11.9. The van der Waals surface area contributed by atoms with Gasteiger partial charge in [0.1, 0.15) is 0 Å². The molecular weight excluding hydrogens is 225 g/mol. The van der Waals surface area contributed by atoms with Crippen molar-refractivity contribution in [3.8, 4) is 0 Å². The molecule has 1 aliphatic carbocycles. The first kappa shape index (κ1) is 11.0. The minimum absolute atomic E-state index is 0.0161. The van der Waals surface area contributed by atoms with Crippen molar-refractivity contribution < 1.29 is 23.1 Å². The third-order valence-electron chi connectivity index (χ3n) is 2.81. The number of carboxylic acids is 1. The molecule has 16 heavy (non-hydrogen) atoms. The number of halogens is 3. The van der Waals surface area contributed by atoms with Crippen molar-refractivity contribution in [1.82, 2.24) is 10.2 Å². The fraction of sp³-hybridized carbons (Fsp3) is 0.556. The molecule has 7 heteroatoms. The molecule has 1 aromatic heterocycles. The van der Waals surface area contributed by atoms with Crippen LogP contribution < -0.4 is 0 Å². The number of aromatic amines is 1. The Morgan fingerprint density at radius 2 is 2.19 bits per heavy atom. The lowest BCUT2D eigenvalue weighted by Crippen LogP contribution is -2.29. The van der Waals surface area contributed by atoms with E-state index in [1.165, 1.54) is 0 Å². The Hall–Kier alpha value is -1.53. The molecule has 0 aliphatic heterocycles. The minimum Gasteiger partial charge on any atom is -0.476 e. The molecule has 0 bridgehead atoms. The number of carbonyl (C=O) groups is 1. The Morgan fingerprint density at radius 1 is 1.50 bits per heavy atom. The van der Waals surface area contributed by atoms with Crippen LogP contribution >= 0.6 is 0 Å². The highest BCUT2D eigenvalue weighted by atomic mass is 19.4. The predicted molar refractivity (Wildman–Crippen MR) is 47.1 cm³/mol. The lowest BCUT2D eigenvalue weighted by Gasteiger charge is -2.24. The number of carboxylic acid groups (broad SMARTS) is 1. The van der Waals surface area contributed by atoms with Crippen LogP contribution in [-0.4, -0.2) is 27.4 Å². The number of nitrogens with one attached hydrogen (secondary N) is 1. The summed E-state index contributed by atoms with van der Waals surface area (Å²) in [6.07, 6.45) is -4.39. The monoisotopic (exact) mass is 234 g/mol. The highest BCUT2D eigenvalue weighted by Crippen LogP contribution is 2.37. The van der Waals surface area contributed by atoms with E-state index in [1.807, 2.05) is 0 Å². The van der Waals surface area contributed by atoms with Gasteiger partial charge in [-0.1, -0.05) is 0 Å². The second kappa shape index (κ2) is 3.50. The van der Waals surface area contributed by atoms with Gasteiger partial charge in [-0.05, 0) is 19.3 Å². The summed E-state index contributed by atoms with van der Waals surface area (Å²) in [6, 6.07) is 0. The molecule has 4 nitrogen and oxygen atoms in total. The van der Waals surface area contributed by atoms with E-state index in [1.54, 1.807) is 0 Å². The maximum absolute atomic E-state index is 12.5. The third kappa shape index (κ3) is 1.77. The predicted octanol–water partition coefficient (Wildman–Crippen LogP) is 1.78. The van der Waals surface area contributed by atoms with Gasteiger partial charge in [0, 0.05) is 11.3 Å². The molecule has 0 spiro atoms. The van der Waals surface area contributed by atoms with Crippen molar-refractivity contribution in [2.75, 3.05) is 0 Å². The standard InChI is InChI=1S/C9H9F3N2O2/c10-9(11,12)4-1-2-6-5(3-4)7(8(15)16)14-13-6/h4H,1-3H2,(H,13,14)(H,15,16)/t4-/m1/s1. The van der Waals surface area contributed by atoms with Crippen molar-refractivity contribution >= 4 is 5.97 Å². The summed E-state index contributed by atoms with van der Waals surface area (Å²) < 4.78 is 37.5. The van der Waals surface area contributed by atoms with E-state index >= 15 is 0 Å². The second-order valence-corrected chi connectivity index (χ2v) is 3.82. The summed E-state index contributed by atoms with van der Waals surface area (Å²) in [5, 5.41) is 14.8. The number of alkyl halides is 3. The number of H-pyrrole nitrogens is 1. The largest absolute Gasteiger partial charge is 0.476 e. The minimum atomic E-state index is -4.27. The molecular formula is C9H9F3N2O2. The van der Waals surface area contributed by atoms with Crippen LogP contribution in [0, 0.1) is 5.92 Å². The summed E-state index contributed by atoms with van der Waals surface area (Å²) >= 11 is 0. The molecule has 1 aromatic rings. The Balaban J connectivity index is 2.31. The zero-order valence-electron chi connectivity index (χ0n) is 8.14. The highest BCUT2D eigenvalue weighted by molar-refractivity contribution is 5.87. The Labute approximate surface area is 88.5 Å². The van der Waals surface area contributed by atoms with Gasteiger partial charge in [-0.25, -0.2) is 4.79 Å². The van der Waals surface area contributed by atoms with Gasteiger partial charge in [0.2, 0.25) is 0 Å². The van der Waals surface area contributed by atoms with Crippen LogP contribution in [0.4, 0.5) is 13.2 Å². The fourth-order valence-electron chi connectivity index (χ4n) is 1.95. The van der Waals surface area contributed by atoms with Gasteiger partial charge >= 0.3 is 12.1 Å². The van der Waals surface area contributed by atoms with E-state index in [0.717, 1.165) is 0 Å². The molecule has 0 unspecified atom stereocenters.